The zero-order valence-electron chi connectivity index (χ0n) is 2.21. The Morgan fingerprint density at radius 2 is 0.600 bits per heavy atom. The Balaban J connectivity index is 0. The van der Waals surface area contributed by atoms with Gasteiger partial charge in [-0.25, -0.2) is 0 Å². The van der Waals surface area contributed by atoms with E-state index in [1.807, 2.05) is 0 Å². The van der Waals surface area contributed by atoms with Crippen molar-refractivity contribution in [3.05, 3.63) is 0 Å². The molecule has 0 aromatic carbocycles. The summed E-state index contributed by atoms with van der Waals surface area (Å²) in [6, 6.07) is 0. The third-order valence-electron chi connectivity index (χ3n) is 0. The van der Waals surface area contributed by atoms with Crippen LogP contribution in [0.3, 0.4) is 0 Å². The Morgan fingerprint density at radius 3 is 0.600 bits per heavy atom. The number of hydrogen-bond acceptors (Lipinski definition) is 0. The minimum atomic E-state index is 0. The van der Waals surface area contributed by atoms with Crippen LogP contribution in [0.15, 0.2) is 0 Å². The molecule has 0 aromatic heterocycles. The van der Waals surface area contributed by atoms with Crippen LogP contribution in [0.5, 0.6) is 0 Å². The van der Waals surface area contributed by atoms with Gasteiger partial charge in [-0.05, 0) is 0 Å². The van der Waals surface area contributed by atoms with Crippen molar-refractivity contribution < 1.29 is 16.4 Å². The van der Waals surface area contributed by atoms with E-state index in [1.54, 1.807) is 0 Å². The second-order valence-electron chi connectivity index (χ2n) is 0. The van der Waals surface area contributed by atoms with Crippen LogP contribution in [0.1, 0.15) is 0 Å². The van der Waals surface area contributed by atoms with Gasteiger partial charge in [0.2, 0.25) is 0 Å². The molecule has 2 radical (unpaired) electrons. The molecule has 0 atom stereocenters. The summed E-state index contributed by atoms with van der Waals surface area (Å²) < 4.78 is 0. The van der Waals surface area contributed by atoms with E-state index in [0.29, 0.717) is 0 Å². The van der Waals surface area contributed by atoms with Gasteiger partial charge in [0.15, 0.2) is 0 Å². The van der Waals surface area contributed by atoms with Crippen LogP contribution in [0.4, 0.5) is 0 Å². The van der Waals surface area contributed by atoms with Crippen LogP contribution in [-0.2, 0) is 0 Å². The first-order valence-corrected chi connectivity index (χ1v) is 0. The Kier molecular flexibility index (Phi) is 502. The maximum absolute atomic E-state index is 0. The number of hydrogen-bond donors (Lipinski definition) is 0. The fourth-order valence-corrected chi connectivity index (χ4v) is 0. The van der Waals surface area contributed by atoms with Gasteiger partial charge in [-0.2, -0.15) is 0 Å². The topological polar surface area (TPSA) is 94.5 Å². The summed E-state index contributed by atoms with van der Waals surface area (Å²) in [4.78, 5) is 0. The molecule has 5 heteroatoms. The molecule has 0 aromatic rings. The van der Waals surface area contributed by atoms with Crippen LogP contribution < -0.4 is 0 Å². The van der Waals surface area contributed by atoms with Gasteiger partial charge in [-0.1, -0.05) is 0 Å². The van der Waals surface area contributed by atoms with Crippen molar-refractivity contribution in [3.8, 4) is 0 Å². The average Bonchev–Trinajstić information content (AvgIpc) is 0. The summed E-state index contributed by atoms with van der Waals surface area (Å²) in [5, 5.41) is 0. The second-order valence-corrected chi connectivity index (χ2v) is 0. The summed E-state index contributed by atoms with van der Waals surface area (Å²) in [7, 11) is 0. The molecule has 0 rings (SSSR count). The molecule has 0 aliphatic carbocycles. The summed E-state index contributed by atoms with van der Waals surface area (Å²) in [5.41, 5.74) is 0. The molecular weight excluding hydrogens is 207 g/mol. The van der Waals surface area contributed by atoms with E-state index in [0.717, 1.165) is 0 Å². The van der Waals surface area contributed by atoms with E-state index in [-0.39, 0.29) is 78.1 Å². The van der Waals surface area contributed by atoms with E-state index < -0.39 is 0 Å². The Hall–Kier alpha value is 1.94. The first-order chi connectivity index (χ1) is 0. The quantitative estimate of drug-likeness (QED) is 0.367. The molecule has 34 valence electrons. The second kappa shape index (κ2) is 38.5. The fraction of sp³-hybridized carbons (Fsp3) is 0. The molecule has 0 fully saturated rings. The van der Waals surface area contributed by atoms with Crippen LogP contribution in [0.25, 0.3) is 0 Å². The van der Waals surface area contributed by atoms with Gasteiger partial charge < -0.3 is 16.4 Å². The zero-order valence-corrected chi connectivity index (χ0v) is 6.24. The first-order valence-electron chi connectivity index (χ1n) is 0. The van der Waals surface area contributed by atoms with Gasteiger partial charge in [0, 0.05) is 0 Å². The van der Waals surface area contributed by atoms with Gasteiger partial charge in [0.05, 0.1) is 0 Å². The molecule has 3 nitrogen and oxygen atoms in total. The van der Waals surface area contributed by atoms with Crippen molar-refractivity contribution in [3.63, 3.8) is 0 Å². The third kappa shape index (κ3) is 24.5. The fourth-order valence-electron chi connectivity index (χ4n) is 0. The van der Waals surface area contributed by atoms with Gasteiger partial charge in [0.1, 0.15) is 0 Å². The molecule has 0 amide bonds. The number of rotatable bonds is 0. The molecule has 0 saturated carbocycles. The molecule has 0 heterocycles. The molecule has 0 unspecified atom stereocenters. The van der Waals surface area contributed by atoms with Crippen LogP contribution in [0.2, 0.25) is 0 Å². The van der Waals surface area contributed by atoms with E-state index in [1.165, 1.54) is 0 Å². The van der Waals surface area contributed by atoms with Crippen molar-refractivity contribution in [2.24, 2.45) is 0 Å². The SMILES string of the molecule is O.O.O.[CaH2].[SnH2]. The van der Waals surface area contributed by atoms with E-state index >= 15 is 0 Å². The van der Waals surface area contributed by atoms with Gasteiger partial charge in [-0.15, -0.1) is 0 Å². The van der Waals surface area contributed by atoms with Crippen molar-refractivity contribution >= 4 is 61.6 Å². The molecule has 5 heavy (non-hydrogen) atoms. The van der Waals surface area contributed by atoms with Crippen LogP contribution in [0, 0.1) is 0 Å². The molecule has 0 aliphatic rings. The van der Waals surface area contributed by atoms with Crippen LogP contribution in [-0.4, -0.2) is 78.1 Å². The van der Waals surface area contributed by atoms with Gasteiger partial charge >= 0.3 is 61.6 Å². The summed E-state index contributed by atoms with van der Waals surface area (Å²) in [6.45, 7) is 0. The molecule has 0 spiro atoms. The predicted molar refractivity (Wildman–Crippen MR) is 27.9 cm³/mol. The Morgan fingerprint density at radius 1 is 0.600 bits per heavy atom. The Bertz CT molecular complexity index is 6.85. The zero-order chi connectivity index (χ0) is 0. The van der Waals surface area contributed by atoms with Crippen molar-refractivity contribution in [2.45, 2.75) is 0 Å². The minimum absolute atomic E-state index is 0. The van der Waals surface area contributed by atoms with Gasteiger partial charge in [0.25, 0.3) is 0 Å². The Labute approximate surface area is 77.0 Å². The summed E-state index contributed by atoms with van der Waals surface area (Å²) in [6.07, 6.45) is 0. The first kappa shape index (κ1) is 65.1. The molecule has 0 saturated heterocycles. The average molecular weight is 217 g/mol. The molecule has 0 aliphatic heterocycles. The van der Waals surface area contributed by atoms with Crippen LogP contribution >= 0.6 is 0 Å². The van der Waals surface area contributed by atoms with Gasteiger partial charge in [-0.3, -0.25) is 0 Å². The van der Waals surface area contributed by atoms with E-state index in [2.05, 4.69) is 0 Å². The molecular formula is H10CaO3Sn. The summed E-state index contributed by atoms with van der Waals surface area (Å²) in [5.74, 6) is 0. The standard InChI is InChI=1S/Ca.3H2O.Sn.4H/h;3*1H2;;;;;. The molecule has 0 bridgehead atoms. The summed E-state index contributed by atoms with van der Waals surface area (Å²) >= 11 is 0. The maximum atomic E-state index is 0. The van der Waals surface area contributed by atoms with E-state index in [4.69, 9.17) is 0 Å². The third-order valence-corrected chi connectivity index (χ3v) is 0. The normalized spacial score (nSPS) is 0. The van der Waals surface area contributed by atoms with Crippen molar-refractivity contribution in [1.29, 1.82) is 0 Å². The molecule has 6 N–H and O–H groups in total. The van der Waals surface area contributed by atoms with Crippen molar-refractivity contribution in [2.75, 3.05) is 0 Å². The van der Waals surface area contributed by atoms with E-state index in [9.17, 15) is 0 Å². The van der Waals surface area contributed by atoms with Crippen molar-refractivity contribution in [1.82, 2.24) is 0 Å². The predicted octanol–water partition coefficient (Wildman–Crippen LogP) is -4.31. The monoisotopic (exact) mass is 218 g/mol.